The molecule has 2 amide bonds. The van der Waals surface area contributed by atoms with Gasteiger partial charge in [0.05, 0.1) is 5.25 Å². The molecule has 0 radical (unpaired) electrons. The van der Waals surface area contributed by atoms with Crippen LogP contribution >= 0.6 is 11.8 Å². The van der Waals surface area contributed by atoms with Crippen LogP contribution in [0.1, 0.15) is 33.6 Å². The number of nitrogens with zero attached hydrogens (tertiary/aromatic N) is 1. The predicted octanol–water partition coefficient (Wildman–Crippen LogP) is 1.48. The van der Waals surface area contributed by atoms with Crippen molar-refractivity contribution in [2.75, 3.05) is 12.3 Å². The average Bonchev–Trinajstić information content (AvgIpc) is 2.52. The van der Waals surface area contributed by atoms with E-state index in [1.54, 1.807) is 0 Å². The number of imide groups is 1. The molecule has 4 nitrogen and oxygen atoms in total. The van der Waals surface area contributed by atoms with E-state index in [1.807, 2.05) is 20.8 Å². The van der Waals surface area contributed by atoms with Crippen molar-refractivity contribution < 1.29 is 14.4 Å². The van der Waals surface area contributed by atoms with Crippen molar-refractivity contribution >= 4 is 29.4 Å². The van der Waals surface area contributed by atoms with Crippen LogP contribution in [0.15, 0.2) is 0 Å². The summed E-state index contributed by atoms with van der Waals surface area (Å²) in [5.41, 5.74) is 0. The molecule has 1 aliphatic rings. The third-order valence-corrected chi connectivity index (χ3v) is 3.90. The van der Waals surface area contributed by atoms with Crippen LogP contribution in [-0.2, 0) is 14.4 Å². The summed E-state index contributed by atoms with van der Waals surface area (Å²) in [4.78, 5) is 36.2. The number of carbonyl (C=O) groups is 3. The summed E-state index contributed by atoms with van der Waals surface area (Å²) >= 11 is 1.50. The standard InChI is InChI=1S/C12H19NO3S/c1-4-17-10-7-11(15)13(12(10)16)6-5-9(14)8(2)3/h8,10H,4-7H2,1-3H3. The number of ketones is 1. The van der Waals surface area contributed by atoms with E-state index < -0.39 is 0 Å². The maximum Gasteiger partial charge on any atom is 0.242 e. The van der Waals surface area contributed by atoms with Gasteiger partial charge in [-0.05, 0) is 5.75 Å². The summed E-state index contributed by atoms with van der Waals surface area (Å²) in [6.07, 6.45) is 0.561. The quantitative estimate of drug-likeness (QED) is 0.676. The van der Waals surface area contributed by atoms with Crippen LogP contribution in [-0.4, -0.2) is 40.0 Å². The molecule has 0 N–H and O–H groups in total. The number of rotatable bonds is 6. The lowest BCUT2D eigenvalue weighted by molar-refractivity contribution is -0.138. The van der Waals surface area contributed by atoms with E-state index in [0.29, 0.717) is 0 Å². The Balaban J connectivity index is 2.51. The third-order valence-electron chi connectivity index (χ3n) is 2.80. The smallest absolute Gasteiger partial charge is 0.242 e. The summed E-state index contributed by atoms with van der Waals surface area (Å²) in [5, 5.41) is -0.235. The third kappa shape index (κ3) is 3.56. The fraction of sp³-hybridized carbons (Fsp3) is 0.750. The van der Waals surface area contributed by atoms with Crippen molar-refractivity contribution in [1.29, 1.82) is 0 Å². The lowest BCUT2D eigenvalue weighted by atomic mass is 10.1. The Morgan fingerprint density at radius 3 is 2.65 bits per heavy atom. The Bertz CT molecular complexity index is 328. The van der Waals surface area contributed by atoms with Gasteiger partial charge < -0.3 is 0 Å². The van der Waals surface area contributed by atoms with Crippen molar-refractivity contribution in [2.45, 2.75) is 38.9 Å². The fourth-order valence-corrected chi connectivity index (χ4v) is 2.66. The molecule has 1 rings (SSSR count). The van der Waals surface area contributed by atoms with Gasteiger partial charge in [-0.15, -0.1) is 11.8 Å². The molecular formula is C12H19NO3S. The van der Waals surface area contributed by atoms with Crippen molar-refractivity contribution in [1.82, 2.24) is 4.90 Å². The lowest BCUT2D eigenvalue weighted by Gasteiger charge is -2.14. The molecule has 1 heterocycles. The first-order valence-electron chi connectivity index (χ1n) is 5.95. The van der Waals surface area contributed by atoms with Crippen LogP contribution in [0.3, 0.4) is 0 Å². The van der Waals surface area contributed by atoms with E-state index in [0.717, 1.165) is 5.75 Å². The van der Waals surface area contributed by atoms with Gasteiger partial charge in [0.1, 0.15) is 5.78 Å². The number of likely N-dealkylation sites (tertiary alicyclic amines) is 1. The molecule has 0 saturated carbocycles. The highest BCUT2D eigenvalue weighted by atomic mass is 32.2. The molecule has 17 heavy (non-hydrogen) atoms. The van der Waals surface area contributed by atoms with Crippen molar-refractivity contribution in [3.8, 4) is 0 Å². The second-order valence-electron chi connectivity index (χ2n) is 4.40. The topological polar surface area (TPSA) is 54.5 Å². The zero-order valence-electron chi connectivity index (χ0n) is 10.6. The van der Waals surface area contributed by atoms with Crippen LogP contribution in [0.5, 0.6) is 0 Å². The van der Waals surface area contributed by atoms with Gasteiger partial charge >= 0.3 is 0 Å². The summed E-state index contributed by atoms with van der Waals surface area (Å²) in [6, 6.07) is 0. The number of hydrogen-bond acceptors (Lipinski definition) is 4. The molecule has 1 fully saturated rings. The number of hydrogen-bond donors (Lipinski definition) is 0. The van der Waals surface area contributed by atoms with Gasteiger partial charge in [0.25, 0.3) is 0 Å². The zero-order chi connectivity index (χ0) is 13.0. The summed E-state index contributed by atoms with van der Waals surface area (Å²) in [5.74, 6) is 0.611. The summed E-state index contributed by atoms with van der Waals surface area (Å²) < 4.78 is 0. The minimum absolute atomic E-state index is 0.0383. The molecule has 0 aromatic heterocycles. The first-order chi connectivity index (χ1) is 7.97. The fourth-order valence-electron chi connectivity index (χ4n) is 1.73. The molecule has 96 valence electrons. The van der Waals surface area contributed by atoms with Gasteiger partial charge in [-0.1, -0.05) is 20.8 Å². The van der Waals surface area contributed by atoms with Crippen LogP contribution in [0.2, 0.25) is 0 Å². The summed E-state index contributed by atoms with van der Waals surface area (Å²) in [6.45, 7) is 5.86. The Morgan fingerprint density at radius 2 is 2.12 bits per heavy atom. The van der Waals surface area contributed by atoms with E-state index in [9.17, 15) is 14.4 Å². The van der Waals surface area contributed by atoms with Gasteiger partial charge in [0.15, 0.2) is 0 Å². The molecule has 0 aromatic carbocycles. The van der Waals surface area contributed by atoms with Crippen molar-refractivity contribution in [3.63, 3.8) is 0 Å². The maximum atomic E-state index is 11.9. The molecule has 0 aromatic rings. The van der Waals surface area contributed by atoms with Gasteiger partial charge in [-0.2, -0.15) is 0 Å². The molecule has 0 aliphatic carbocycles. The molecule has 1 aliphatic heterocycles. The first kappa shape index (κ1) is 14.2. The lowest BCUT2D eigenvalue weighted by Crippen LogP contribution is -2.33. The van der Waals surface area contributed by atoms with E-state index in [2.05, 4.69) is 0 Å². The number of carbonyl (C=O) groups excluding carboxylic acids is 3. The zero-order valence-corrected chi connectivity index (χ0v) is 11.4. The van der Waals surface area contributed by atoms with Crippen LogP contribution in [0.25, 0.3) is 0 Å². The van der Waals surface area contributed by atoms with Gasteiger partial charge in [0, 0.05) is 25.3 Å². The highest BCUT2D eigenvalue weighted by molar-refractivity contribution is 8.00. The normalized spacial score (nSPS) is 20.5. The Morgan fingerprint density at radius 1 is 1.47 bits per heavy atom. The average molecular weight is 257 g/mol. The molecule has 1 atom stereocenters. The molecule has 5 heteroatoms. The minimum Gasteiger partial charge on any atom is -0.299 e. The van der Waals surface area contributed by atoms with E-state index in [-0.39, 0.29) is 48.2 Å². The van der Waals surface area contributed by atoms with E-state index >= 15 is 0 Å². The van der Waals surface area contributed by atoms with Gasteiger partial charge in [-0.3, -0.25) is 19.3 Å². The van der Waals surface area contributed by atoms with E-state index in [4.69, 9.17) is 0 Å². The number of amides is 2. The van der Waals surface area contributed by atoms with Gasteiger partial charge in [0.2, 0.25) is 11.8 Å². The largest absolute Gasteiger partial charge is 0.299 e. The van der Waals surface area contributed by atoms with Crippen molar-refractivity contribution in [2.24, 2.45) is 5.92 Å². The summed E-state index contributed by atoms with van der Waals surface area (Å²) in [7, 11) is 0. The Labute approximate surface area is 106 Å². The van der Waals surface area contributed by atoms with Crippen LogP contribution < -0.4 is 0 Å². The Hall–Kier alpha value is -0.840. The highest BCUT2D eigenvalue weighted by Gasteiger charge is 2.38. The maximum absolute atomic E-state index is 11.9. The van der Waals surface area contributed by atoms with Crippen molar-refractivity contribution in [3.05, 3.63) is 0 Å². The number of Topliss-reactive ketones (excluding diaryl/α,β-unsaturated/α-hetero) is 1. The van der Waals surface area contributed by atoms with Crippen LogP contribution in [0, 0.1) is 5.92 Å². The molecule has 1 unspecified atom stereocenters. The second kappa shape index (κ2) is 6.19. The minimum atomic E-state index is -0.235. The second-order valence-corrected chi connectivity index (χ2v) is 5.88. The SMILES string of the molecule is CCSC1CC(=O)N(CCC(=O)C(C)C)C1=O. The highest BCUT2D eigenvalue weighted by Crippen LogP contribution is 2.25. The molecule has 0 bridgehead atoms. The molecular weight excluding hydrogens is 238 g/mol. The Kier molecular flexibility index (Phi) is 5.18. The van der Waals surface area contributed by atoms with E-state index in [1.165, 1.54) is 16.7 Å². The molecule has 1 saturated heterocycles. The van der Waals surface area contributed by atoms with Gasteiger partial charge in [-0.25, -0.2) is 0 Å². The molecule has 0 spiro atoms. The van der Waals surface area contributed by atoms with Crippen LogP contribution in [0.4, 0.5) is 0 Å². The predicted molar refractivity (Wildman–Crippen MR) is 67.7 cm³/mol. The number of thioether (sulfide) groups is 1. The monoisotopic (exact) mass is 257 g/mol. The first-order valence-corrected chi connectivity index (χ1v) is 7.00.